The predicted molar refractivity (Wildman–Crippen MR) is 156 cm³/mol. The lowest BCUT2D eigenvalue weighted by Gasteiger charge is -2.20. The number of benzene rings is 1. The Morgan fingerprint density at radius 2 is 1.89 bits per heavy atom. The Morgan fingerprint density at radius 3 is 2.46 bits per heavy atom. The summed E-state index contributed by atoms with van der Waals surface area (Å²) in [6.07, 6.45) is 11.7. The van der Waals surface area contributed by atoms with E-state index < -0.39 is 0 Å². The minimum absolute atomic E-state index is 0.0982. The van der Waals surface area contributed by atoms with Crippen LogP contribution >= 0.6 is 11.8 Å². The van der Waals surface area contributed by atoms with Gasteiger partial charge in [-0.3, -0.25) is 15.4 Å². The van der Waals surface area contributed by atoms with Gasteiger partial charge in [0.15, 0.2) is 0 Å². The molecule has 0 saturated heterocycles. The van der Waals surface area contributed by atoms with Gasteiger partial charge in [-0.1, -0.05) is 99.9 Å². The molecule has 0 aromatic heterocycles. The number of rotatable bonds is 12. The number of nitro groups is 1. The van der Waals surface area contributed by atoms with Crippen molar-refractivity contribution in [3.63, 3.8) is 0 Å². The molecule has 0 bridgehead atoms. The summed E-state index contributed by atoms with van der Waals surface area (Å²) >= 11 is 1.67. The first-order valence-electron chi connectivity index (χ1n) is 12.7. The topological polar surface area (TPSA) is 55.2 Å². The molecule has 4 nitrogen and oxygen atoms in total. The zero-order chi connectivity index (χ0) is 26.6. The Labute approximate surface area is 218 Å². The van der Waals surface area contributed by atoms with Crippen LogP contribution in [-0.4, -0.2) is 16.8 Å². The molecule has 0 radical (unpaired) electrons. The summed E-state index contributed by atoms with van der Waals surface area (Å²) in [6.45, 7) is 17.3. The smallest absolute Gasteiger partial charge is 0.277 e. The van der Waals surface area contributed by atoms with Gasteiger partial charge in [0.1, 0.15) is 5.37 Å². The van der Waals surface area contributed by atoms with Crippen LogP contribution in [0.25, 0.3) is 5.57 Å². The highest BCUT2D eigenvalue weighted by Crippen LogP contribution is 2.40. The highest BCUT2D eigenvalue weighted by atomic mass is 32.2. The summed E-state index contributed by atoms with van der Waals surface area (Å²) in [6, 6.07) is 7.00. The summed E-state index contributed by atoms with van der Waals surface area (Å²) in [4.78, 5) is 12.5. The van der Waals surface area contributed by atoms with Gasteiger partial charge < -0.3 is 0 Å². The van der Waals surface area contributed by atoms with Gasteiger partial charge in [0.2, 0.25) is 0 Å². The van der Waals surface area contributed by atoms with E-state index >= 15 is 0 Å². The van der Waals surface area contributed by atoms with Crippen molar-refractivity contribution in [3.05, 3.63) is 80.3 Å². The van der Waals surface area contributed by atoms with Crippen molar-refractivity contribution in [1.29, 1.82) is 0 Å². The highest BCUT2D eigenvalue weighted by Gasteiger charge is 2.22. The maximum absolute atomic E-state index is 11.7. The molecule has 1 rings (SSSR count). The van der Waals surface area contributed by atoms with E-state index in [0.717, 1.165) is 42.7 Å². The monoisotopic (exact) mass is 496 g/mol. The Balaban J connectivity index is 0.00000562. The first kappa shape index (κ1) is 32.5. The van der Waals surface area contributed by atoms with E-state index in [0.29, 0.717) is 5.56 Å². The summed E-state index contributed by atoms with van der Waals surface area (Å²) < 4.78 is 0. The molecule has 0 spiro atoms. The van der Waals surface area contributed by atoms with Crippen LogP contribution in [0, 0.1) is 22.0 Å². The lowest BCUT2D eigenvalue weighted by Crippen LogP contribution is -2.26. The number of nitrogens with zero attached hydrogens (tertiary/aromatic N) is 1. The van der Waals surface area contributed by atoms with Crippen LogP contribution in [-0.2, 0) is 0 Å². The first-order chi connectivity index (χ1) is 16.9. The van der Waals surface area contributed by atoms with Crippen molar-refractivity contribution >= 4 is 23.0 Å². The third kappa shape index (κ3) is 12.1. The summed E-state index contributed by atoms with van der Waals surface area (Å²) in [5.74, 6) is 6.57. The van der Waals surface area contributed by atoms with Crippen molar-refractivity contribution in [2.75, 3.05) is 6.54 Å². The number of allylic oxidation sites excluding steroid dienone is 6. The largest absolute Gasteiger partial charge is 0.295 e. The fourth-order valence-corrected chi connectivity index (χ4v) is 4.37. The summed E-state index contributed by atoms with van der Waals surface area (Å²) in [7, 11) is 0. The Morgan fingerprint density at radius 1 is 1.20 bits per heavy atom. The third-order valence-corrected chi connectivity index (χ3v) is 6.35. The summed E-state index contributed by atoms with van der Waals surface area (Å²) in [5, 5.41) is 15.2. The van der Waals surface area contributed by atoms with Crippen molar-refractivity contribution in [3.8, 4) is 11.8 Å². The van der Waals surface area contributed by atoms with Crippen molar-refractivity contribution in [1.82, 2.24) is 5.32 Å². The van der Waals surface area contributed by atoms with Gasteiger partial charge in [-0.05, 0) is 51.7 Å². The second kappa shape index (κ2) is 19.7. The van der Waals surface area contributed by atoms with Gasteiger partial charge >= 0.3 is 0 Å². The van der Waals surface area contributed by atoms with Crippen molar-refractivity contribution in [2.45, 2.75) is 86.4 Å². The zero-order valence-corrected chi connectivity index (χ0v) is 23.7. The van der Waals surface area contributed by atoms with E-state index in [-0.39, 0.29) is 16.0 Å². The van der Waals surface area contributed by atoms with Gasteiger partial charge in [0.05, 0.1) is 10.5 Å². The molecule has 1 atom stereocenters. The number of nitro benzene ring substituents is 1. The van der Waals surface area contributed by atoms with Crippen LogP contribution in [0.2, 0.25) is 0 Å². The van der Waals surface area contributed by atoms with Gasteiger partial charge in [0, 0.05) is 23.9 Å². The molecule has 0 heterocycles. The molecule has 0 fully saturated rings. The molecule has 5 heteroatoms. The zero-order valence-electron chi connectivity index (χ0n) is 22.9. The average molecular weight is 497 g/mol. The van der Waals surface area contributed by atoms with E-state index in [2.05, 4.69) is 63.1 Å². The fourth-order valence-electron chi connectivity index (χ4n) is 3.12. The molecule has 1 aromatic rings. The van der Waals surface area contributed by atoms with Gasteiger partial charge in [0.25, 0.3) is 5.69 Å². The molecule has 1 N–H and O–H groups in total. The highest BCUT2D eigenvalue weighted by molar-refractivity contribution is 8.04. The van der Waals surface area contributed by atoms with Crippen LogP contribution in [0.4, 0.5) is 5.69 Å². The lowest BCUT2D eigenvalue weighted by atomic mass is 9.99. The average Bonchev–Trinajstić information content (AvgIpc) is 2.88. The van der Waals surface area contributed by atoms with Gasteiger partial charge in [-0.15, -0.1) is 5.92 Å². The van der Waals surface area contributed by atoms with E-state index in [1.165, 1.54) is 11.1 Å². The molecule has 1 unspecified atom stereocenters. The molecular formula is C30H44N2O2S. The Kier molecular flexibility index (Phi) is 18.3. The second-order valence-electron chi connectivity index (χ2n) is 7.68. The normalized spacial score (nSPS) is 13.4. The van der Waals surface area contributed by atoms with Crippen LogP contribution in [0.3, 0.4) is 0 Å². The standard InChI is InChI=1S/C28H38N2O2S.C2H6/c1-7-11-16-22(5)20-21-29-27(19-12-8-2)33-28(23(6)10-4)25(15-9-3)24-17-13-14-18-26(24)30(31)32;1-2/h7,11,13-18,27,29H,8-10,20-21H2,1-6H3;1-2H3/b11-7-,22-16+,25-15-,28-23+;. The molecule has 0 amide bonds. The first-order valence-corrected chi connectivity index (χ1v) is 13.6. The van der Waals surface area contributed by atoms with E-state index in [9.17, 15) is 10.1 Å². The number of para-hydroxylation sites is 1. The molecular weight excluding hydrogens is 452 g/mol. The number of thioether (sulfide) groups is 1. The fraction of sp³-hybridized carbons (Fsp3) is 0.467. The SMILES string of the molecule is C/C=C\C=C(/C)CCNC(C#CCC)SC(/C(=C\CC)c1ccccc1[N+](=O)[O-])=C(\C)CC.CC. The van der Waals surface area contributed by atoms with Crippen LogP contribution in [0.15, 0.2) is 64.6 Å². The molecule has 0 aliphatic heterocycles. The van der Waals surface area contributed by atoms with E-state index in [4.69, 9.17) is 0 Å². The van der Waals surface area contributed by atoms with Crippen molar-refractivity contribution in [2.24, 2.45) is 0 Å². The van der Waals surface area contributed by atoms with Crippen LogP contribution in [0.1, 0.15) is 86.6 Å². The van der Waals surface area contributed by atoms with Gasteiger partial charge in [-0.2, -0.15) is 0 Å². The predicted octanol–water partition coefficient (Wildman–Crippen LogP) is 9.07. The summed E-state index contributed by atoms with van der Waals surface area (Å²) in [5.41, 5.74) is 4.22. The molecule has 0 aliphatic rings. The third-order valence-electron chi connectivity index (χ3n) is 5.03. The maximum Gasteiger partial charge on any atom is 0.277 e. The van der Waals surface area contributed by atoms with Gasteiger partial charge in [-0.25, -0.2) is 0 Å². The molecule has 0 aliphatic carbocycles. The number of hydrogen-bond acceptors (Lipinski definition) is 4. The number of hydrogen-bond donors (Lipinski definition) is 1. The lowest BCUT2D eigenvalue weighted by molar-refractivity contribution is -0.385. The Hall–Kier alpha value is -2.55. The number of nitrogens with one attached hydrogen (secondary N) is 1. The quantitative estimate of drug-likeness (QED) is 0.103. The van der Waals surface area contributed by atoms with E-state index in [1.54, 1.807) is 23.9 Å². The molecule has 1 aromatic carbocycles. The molecule has 0 saturated carbocycles. The Bertz CT molecular complexity index is 962. The van der Waals surface area contributed by atoms with Crippen LogP contribution in [0.5, 0.6) is 0 Å². The van der Waals surface area contributed by atoms with E-state index in [1.807, 2.05) is 45.9 Å². The minimum atomic E-state index is -0.297. The minimum Gasteiger partial charge on any atom is -0.295 e. The molecule has 192 valence electrons. The maximum atomic E-state index is 11.7. The molecule has 35 heavy (non-hydrogen) atoms. The van der Waals surface area contributed by atoms with Crippen LogP contribution < -0.4 is 5.32 Å². The second-order valence-corrected chi connectivity index (χ2v) is 8.79. The van der Waals surface area contributed by atoms with Crippen molar-refractivity contribution < 1.29 is 4.92 Å².